The Morgan fingerprint density at radius 1 is 1.38 bits per heavy atom. The van der Waals surface area contributed by atoms with Crippen LogP contribution in [-0.4, -0.2) is 11.4 Å². The summed E-state index contributed by atoms with van der Waals surface area (Å²) in [6.45, 7) is 3.81. The molecule has 0 radical (unpaired) electrons. The molecule has 2 rings (SSSR count). The molecule has 4 heteroatoms. The number of aliphatic imine (C=N–C) groups is 1. The van der Waals surface area contributed by atoms with Crippen molar-refractivity contribution in [3.8, 4) is 0 Å². The lowest BCUT2D eigenvalue weighted by Gasteiger charge is -1.93. The van der Waals surface area contributed by atoms with Gasteiger partial charge in [-0.2, -0.15) is 0 Å². The first-order valence-corrected chi connectivity index (χ1v) is 5.27. The molecule has 0 bridgehead atoms. The van der Waals surface area contributed by atoms with E-state index in [0.717, 1.165) is 16.8 Å². The molecule has 0 aliphatic rings. The van der Waals surface area contributed by atoms with E-state index in [1.165, 1.54) is 0 Å². The number of aromatic nitrogens is 1. The predicted molar refractivity (Wildman–Crippen MR) is 64.7 cm³/mol. The summed E-state index contributed by atoms with van der Waals surface area (Å²) in [4.78, 5) is 4.23. The molecule has 2 aromatic rings. The normalized spacial score (nSPS) is 11.2. The Labute approximate surface area is 98.7 Å². The van der Waals surface area contributed by atoms with Crippen LogP contribution in [0.25, 0.3) is 0 Å². The van der Waals surface area contributed by atoms with Crippen molar-refractivity contribution in [2.24, 2.45) is 4.99 Å². The minimum absolute atomic E-state index is 0.539. The molecule has 82 valence electrons. The summed E-state index contributed by atoms with van der Waals surface area (Å²) >= 11 is 5.86. The summed E-state index contributed by atoms with van der Waals surface area (Å²) in [6, 6.07) is 7.46. The fourth-order valence-electron chi connectivity index (χ4n) is 1.24. The summed E-state index contributed by atoms with van der Waals surface area (Å²) in [5.41, 5.74) is 2.75. The first kappa shape index (κ1) is 10.9. The average molecular weight is 235 g/mol. The van der Waals surface area contributed by atoms with E-state index < -0.39 is 0 Å². The Hall–Kier alpha value is -1.61. The lowest BCUT2D eigenvalue weighted by molar-refractivity contribution is 0.425. The summed E-state index contributed by atoms with van der Waals surface area (Å²) in [6.07, 6.45) is 1.71. The van der Waals surface area contributed by atoms with Gasteiger partial charge >= 0.3 is 0 Å². The van der Waals surface area contributed by atoms with E-state index >= 15 is 0 Å². The molecule has 0 fully saturated rings. The Balaban J connectivity index is 2.24. The molecule has 0 N–H and O–H groups in total. The number of halogens is 1. The lowest BCUT2D eigenvalue weighted by Crippen LogP contribution is -1.79. The van der Waals surface area contributed by atoms with Crippen molar-refractivity contribution >= 4 is 23.7 Å². The first-order valence-electron chi connectivity index (χ1n) is 4.89. The van der Waals surface area contributed by atoms with Crippen LogP contribution in [0.3, 0.4) is 0 Å². The molecule has 0 atom stereocenters. The van der Waals surface area contributed by atoms with Gasteiger partial charge in [-0.15, -0.1) is 0 Å². The van der Waals surface area contributed by atoms with Gasteiger partial charge in [0.25, 0.3) is 5.88 Å². The average Bonchev–Trinajstić information content (AvgIpc) is 2.57. The van der Waals surface area contributed by atoms with Crippen molar-refractivity contribution < 1.29 is 4.52 Å². The molecule has 1 aromatic heterocycles. The summed E-state index contributed by atoms with van der Waals surface area (Å²) in [5, 5.41) is 4.52. The van der Waals surface area contributed by atoms with Gasteiger partial charge in [-0.25, -0.2) is 4.99 Å². The molecule has 0 aliphatic carbocycles. The number of rotatable bonds is 2. The molecular formula is C12H11ClN2O. The quantitative estimate of drug-likeness (QED) is 0.744. The van der Waals surface area contributed by atoms with Crippen LogP contribution < -0.4 is 0 Å². The highest BCUT2D eigenvalue weighted by Crippen LogP contribution is 2.20. The molecular weight excluding hydrogens is 224 g/mol. The van der Waals surface area contributed by atoms with Crippen LogP contribution in [0.2, 0.25) is 5.02 Å². The zero-order valence-corrected chi connectivity index (χ0v) is 9.82. The van der Waals surface area contributed by atoms with Crippen molar-refractivity contribution in [2.45, 2.75) is 13.8 Å². The Morgan fingerprint density at radius 3 is 2.81 bits per heavy atom. The van der Waals surface area contributed by atoms with Gasteiger partial charge in [0.2, 0.25) is 0 Å². The molecule has 0 aliphatic heterocycles. The Kier molecular flexibility index (Phi) is 3.06. The van der Waals surface area contributed by atoms with Gasteiger partial charge in [-0.05, 0) is 31.5 Å². The van der Waals surface area contributed by atoms with Crippen molar-refractivity contribution in [3.63, 3.8) is 0 Å². The van der Waals surface area contributed by atoms with Crippen LogP contribution in [0.4, 0.5) is 5.88 Å². The second-order valence-electron chi connectivity index (χ2n) is 3.51. The van der Waals surface area contributed by atoms with Crippen molar-refractivity contribution in [1.29, 1.82) is 0 Å². The molecule has 1 aromatic carbocycles. The molecule has 3 nitrogen and oxygen atoms in total. The third-order valence-electron chi connectivity index (χ3n) is 2.31. The standard InChI is InChI=1S/C12H11ClN2O/c1-8-9(2)15-16-12(8)14-7-10-4-3-5-11(13)6-10/h3-7H,1-2H3/b14-7+. The third kappa shape index (κ3) is 2.31. The van der Waals surface area contributed by atoms with E-state index in [4.69, 9.17) is 16.1 Å². The summed E-state index contributed by atoms with van der Waals surface area (Å²) < 4.78 is 5.07. The Morgan fingerprint density at radius 2 is 2.19 bits per heavy atom. The second kappa shape index (κ2) is 4.49. The number of aryl methyl sites for hydroxylation is 1. The largest absolute Gasteiger partial charge is 0.336 e. The fraction of sp³-hybridized carbons (Fsp3) is 0.167. The van der Waals surface area contributed by atoms with Crippen LogP contribution in [0.5, 0.6) is 0 Å². The lowest BCUT2D eigenvalue weighted by atomic mass is 10.2. The van der Waals surface area contributed by atoms with Crippen LogP contribution in [0.1, 0.15) is 16.8 Å². The zero-order valence-electron chi connectivity index (χ0n) is 9.07. The van der Waals surface area contributed by atoms with Gasteiger partial charge in [0.1, 0.15) is 0 Å². The molecule has 0 spiro atoms. The van der Waals surface area contributed by atoms with Gasteiger partial charge in [-0.3, -0.25) is 0 Å². The number of benzene rings is 1. The van der Waals surface area contributed by atoms with Crippen LogP contribution in [0, 0.1) is 13.8 Å². The highest BCUT2D eigenvalue weighted by atomic mass is 35.5. The maximum absolute atomic E-state index is 5.86. The summed E-state index contributed by atoms with van der Waals surface area (Å²) in [7, 11) is 0. The summed E-state index contributed by atoms with van der Waals surface area (Å²) in [5.74, 6) is 0.539. The van der Waals surface area contributed by atoms with Crippen LogP contribution >= 0.6 is 11.6 Å². The molecule has 16 heavy (non-hydrogen) atoms. The smallest absolute Gasteiger partial charge is 0.253 e. The number of hydrogen-bond donors (Lipinski definition) is 0. The van der Waals surface area contributed by atoms with E-state index in [1.54, 1.807) is 6.21 Å². The zero-order chi connectivity index (χ0) is 11.5. The predicted octanol–water partition coefficient (Wildman–Crippen LogP) is 3.70. The molecule has 0 saturated heterocycles. The van der Waals surface area contributed by atoms with Crippen molar-refractivity contribution in [2.75, 3.05) is 0 Å². The van der Waals surface area contributed by atoms with Gasteiger partial charge in [0.15, 0.2) is 0 Å². The molecule has 0 unspecified atom stereocenters. The van der Waals surface area contributed by atoms with E-state index in [9.17, 15) is 0 Å². The van der Waals surface area contributed by atoms with E-state index in [-0.39, 0.29) is 0 Å². The van der Waals surface area contributed by atoms with Crippen LogP contribution in [-0.2, 0) is 0 Å². The first-order chi connectivity index (χ1) is 7.66. The van der Waals surface area contributed by atoms with E-state index in [0.29, 0.717) is 10.9 Å². The molecule has 1 heterocycles. The third-order valence-corrected chi connectivity index (χ3v) is 2.55. The van der Waals surface area contributed by atoms with Crippen molar-refractivity contribution in [3.05, 3.63) is 46.1 Å². The number of nitrogens with zero attached hydrogens (tertiary/aromatic N) is 2. The van der Waals surface area contributed by atoms with Crippen LogP contribution in [0.15, 0.2) is 33.8 Å². The monoisotopic (exact) mass is 234 g/mol. The van der Waals surface area contributed by atoms with Gasteiger partial charge in [-0.1, -0.05) is 28.9 Å². The highest BCUT2D eigenvalue weighted by molar-refractivity contribution is 6.30. The van der Waals surface area contributed by atoms with Gasteiger partial charge in [0, 0.05) is 16.8 Å². The van der Waals surface area contributed by atoms with Gasteiger partial charge in [0.05, 0.1) is 5.69 Å². The van der Waals surface area contributed by atoms with Gasteiger partial charge < -0.3 is 4.52 Å². The van der Waals surface area contributed by atoms with E-state index in [1.807, 2.05) is 38.1 Å². The fourth-order valence-corrected chi connectivity index (χ4v) is 1.44. The maximum Gasteiger partial charge on any atom is 0.253 e. The molecule has 0 saturated carbocycles. The highest BCUT2D eigenvalue weighted by Gasteiger charge is 2.05. The van der Waals surface area contributed by atoms with Crippen molar-refractivity contribution in [1.82, 2.24) is 5.16 Å². The van der Waals surface area contributed by atoms with E-state index in [2.05, 4.69) is 10.1 Å². The minimum Gasteiger partial charge on any atom is -0.336 e. The minimum atomic E-state index is 0.539. The second-order valence-corrected chi connectivity index (χ2v) is 3.95. The maximum atomic E-state index is 5.86. The number of hydrogen-bond acceptors (Lipinski definition) is 3. The molecule has 0 amide bonds. The Bertz CT molecular complexity index is 532. The topological polar surface area (TPSA) is 38.4 Å². The SMILES string of the molecule is Cc1noc(/N=C/c2cccc(Cl)c2)c1C.